The van der Waals surface area contributed by atoms with Crippen molar-refractivity contribution in [2.75, 3.05) is 13.7 Å². The van der Waals surface area contributed by atoms with E-state index >= 15 is 0 Å². The van der Waals surface area contributed by atoms with Gasteiger partial charge in [0, 0.05) is 32.3 Å². The Labute approximate surface area is 141 Å². The lowest BCUT2D eigenvalue weighted by atomic mass is 9.99. The molecule has 2 aromatic rings. The summed E-state index contributed by atoms with van der Waals surface area (Å²) in [7, 11) is 1.61. The predicted octanol–water partition coefficient (Wildman–Crippen LogP) is 1.82. The fourth-order valence-electron chi connectivity index (χ4n) is 2.30. The smallest absolute Gasteiger partial charge is 0.222 e. The summed E-state index contributed by atoms with van der Waals surface area (Å²) in [5, 5.41) is 5.62. The second-order valence-electron chi connectivity index (χ2n) is 5.29. The van der Waals surface area contributed by atoms with Gasteiger partial charge in [-0.25, -0.2) is 0 Å². The van der Waals surface area contributed by atoms with Crippen LogP contribution in [-0.4, -0.2) is 30.5 Å². The molecule has 6 heteroatoms. The largest absolute Gasteiger partial charge is 0.497 e. The number of amides is 2. The first-order chi connectivity index (χ1) is 11.6. The van der Waals surface area contributed by atoms with E-state index in [2.05, 4.69) is 15.6 Å². The van der Waals surface area contributed by atoms with Crippen LogP contribution in [0.25, 0.3) is 0 Å². The van der Waals surface area contributed by atoms with E-state index < -0.39 is 0 Å². The molecule has 0 fully saturated rings. The molecule has 0 aliphatic rings. The third kappa shape index (κ3) is 5.08. The number of hydrogen-bond donors (Lipinski definition) is 2. The molecule has 0 bridgehead atoms. The number of methoxy groups -OCH3 is 1. The second kappa shape index (κ2) is 8.67. The van der Waals surface area contributed by atoms with E-state index in [-0.39, 0.29) is 24.3 Å². The van der Waals surface area contributed by atoms with Gasteiger partial charge in [-0.1, -0.05) is 12.1 Å². The number of pyridine rings is 1. The Kier molecular flexibility index (Phi) is 6.31. The minimum Gasteiger partial charge on any atom is -0.497 e. The van der Waals surface area contributed by atoms with Gasteiger partial charge < -0.3 is 15.4 Å². The molecule has 24 heavy (non-hydrogen) atoms. The third-order valence-electron chi connectivity index (χ3n) is 3.52. The number of hydrogen-bond acceptors (Lipinski definition) is 4. The molecule has 2 amide bonds. The number of rotatable bonds is 7. The van der Waals surface area contributed by atoms with Gasteiger partial charge in [0.05, 0.1) is 13.2 Å². The Morgan fingerprint density at radius 1 is 1.08 bits per heavy atom. The summed E-state index contributed by atoms with van der Waals surface area (Å²) < 4.78 is 5.17. The van der Waals surface area contributed by atoms with E-state index in [1.165, 1.54) is 6.92 Å². The van der Waals surface area contributed by atoms with Crippen molar-refractivity contribution in [3.63, 3.8) is 0 Å². The maximum absolute atomic E-state index is 12.2. The lowest BCUT2D eigenvalue weighted by Crippen LogP contribution is -2.32. The van der Waals surface area contributed by atoms with E-state index in [0.29, 0.717) is 6.54 Å². The lowest BCUT2D eigenvalue weighted by Gasteiger charge is -2.20. The number of benzene rings is 1. The van der Waals surface area contributed by atoms with Crippen molar-refractivity contribution in [2.24, 2.45) is 0 Å². The molecule has 1 heterocycles. The summed E-state index contributed by atoms with van der Waals surface area (Å²) in [6.07, 6.45) is 3.60. The molecule has 6 nitrogen and oxygen atoms in total. The number of nitrogens with zero attached hydrogens (tertiary/aromatic N) is 1. The molecule has 1 aromatic carbocycles. The Morgan fingerprint density at radius 3 is 2.29 bits per heavy atom. The molecular weight excluding hydrogens is 306 g/mol. The molecule has 126 valence electrons. The molecule has 2 rings (SSSR count). The van der Waals surface area contributed by atoms with Gasteiger partial charge in [0.2, 0.25) is 11.8 Å². The Bertz CT molecular complexity index is 672. The van der Waals surface area contributed by atoms with Crippen LogP contribution in [-0.2, 0) is 9.59 Å². The second-order valence-corrected chi connectivity index (χ2v) is 5.29. The first-order valence-corrected chi connectivity index (χ1v) is 7.68. The zero-order chi connectivity index (χ0) is 17.4. The normalized spacial score (nSPS) is 11.4. The molecule has 0 spiro atoms. The van der Waals surface area contributed by atoms with Crippen LogP contribution in [0.15, 0.2) is 48.8 Å². The first kappa shape index (κ1) is 17.5. The highest BCUT2D eigenvalue weighted by molar-refractivity contribution is 5.78. The SMILES string of the molecule is COc1ccc(C(NC(=O)CCNC(C)=O)c2ccncc2)cc1. The van der Waals surface area contributed by atoms with Crippen LogP contribution in [0.3, 0.4) is 0 Å². The van der Waals surface area contributed by atoms with Gasteiger partial charge in [0.15, 0.2) is 0 Å². The molecule has 2 N–H and O–H groups in total. The molecule has 0 aliphatic heterocycles. The summed E-state index contributed by atoms with van der Waals surface area (Å²) in [6, 6.07) is 11.0. The Balaban J connectivity index is 2.14. The first-order valence-electron chi connectivity index (χ1n) is 7.68. The topological polar surface area (TPSA) is 80.3 Å². The van der Waals surface area contributed by atoms with Crippen molar-refractivity contribution in [3.8, 4) is 5.75 Å². The fourth-order valence-corrected chi connectivity index (χ4v) is 2.30. The van der Waals surface area contributed by atoms with Crippen molar-refractivity contribution in [1.82, 2.24) is 15.6 Å². The van der Waals surface area contributed by atoms with Crippen LogP contribution in [0.1, 0.15) is 30.5 Å². The number of nitrogens with one attached hydrogen (secondary N) is 2. The molecule has 0 saturated heterocycles. The summed E-state index contributed by atoms with van der Waals surface area (Å²) in [5.74, 6) is 0.467. The van der Waals surface area contributed by atoms with Crippen LogP contribution < -0.4 is 15.4 Å². The fraction of sp³-hybridized carbons (Fsp3) is 0.278. The van der Waals surface area contributed by atoms with Crippen molar-refractivity contribution < 1.29 is 14.3 Å². The summed E-state index contributed by atoms with van der Waals surface area (Å²) in [4.78, 5) is 27.1. The van der Waals surface area contributed by atoms with E-state index in [9.17, 15) is 9.59 Å². The molecule has 0 saturated carbocycles. The molecule has 0 radical (unpaired) electrons. The minimum absolute atomic E-state index is 0.138. The molecule has 1 aromatic heterocycles. The van der Waals surface area contributed by atoms with Crippen molar-refractivity contribution >= 4 is 11.8 Å². The van der Waals surface area contributed by atoms with E-state index in [4.69, 9.17) is 4.74 Å². The van der Waals surface area contributed by atoms with Crippen molar-refractivity contribution in [2.45, 2.75) is 19.4 Å². The Hall–Kier alpha value is -2.89. The van der Waals surface area contributed by atoms with Crippen LogP contribution in [0.2, 0.25) is 0 Å². The van der Waals surface area contributed by atoms with Gasteiger partial charge in [-0.3, -0.25) is 14.6 Å². The molecule has 1 unspecified atom stereocenters. The maximum atomic E-state index is 12.2. The highest BCUT2D eigenvalue weighted by atomic mass is 16.5. The lowest BCUT2D eigenvalue weighted by molar-refractivity contribution is -0.122. The number of aromatic nitrogens is 1. The van der Waals surface area contributed by atoms with E-state index in [0.717, 1.165) is 16.9 Å². The number of carbonyl (C=O) groups is 2. The van der Waals surface area contributed by atoms with Gasteiger partial charge in [0.1, 0.15) is 5.75 Å². The zero-order valence-electron chi connectivity index (χ0n) is 13.8. The van der Waals surface area contributed by atoms with Crippen LogP contribution >= 0.6 is 0 Å². The summed E-state index contributed by atoms with van der Waals surface area (Å²) in [6.45, 7) is 1.74. The highest BCUT2D eigenvalue weighted by Crippen LogP contribution is 2.23. The minimum atomic E-state index is -0.288. The quantitative estimate of drug-likeness (QED) is 0.813. The van der Waals surface area contributed by atoms with E-state index in [1.54, 1.807) is 19.5 Å². The summed E-state index contributed by atoms with van der Waals surface area (Å²) in [5.41, 5.74) is 1.87. The van der Waals surface area contributed by atoms with Gasteiger partial charge in [0.25, 0.3) is 0 Å². The zero-order valence-corrected chi connectivity index (χ0v) is 13.8. The van der Waals surface area contributed by atoms with Crippen LogP contribution in [0.4, 0.5) is 0 Å². The molecule has 1 atom stereocenters. The van der Waals surface area contributed by atoms with Crippen molar-refractivity contribution in [3.05, 3.63) is 59.9 Å². The number of carbonyl (C=O) groups excluding carboxylic acids is 2. The third-order valence-corrected chi connectivity index (χ3v) is 3.52. The van der Waals surface area contributed by atoms with Crippen LogP contribution in [0.5, 0.6) is 5.75 Å². The number of ether oxygens (including phenoxy) is 1. The Morgan fingerprint density at radius 2 is 1.71 bits per heavy atom. The van der Waals surface area contributed by atoms with Gasteiger partial charge in [-0.05, 0) is 35.4 Å². The van der Waals surface area contributed by atoms with Gasteiger partial charge in [-0.2, -0.15) is 0 Å². The average molecular weight is 327 g/mol. The molecular formula is C18H21N3O3. The van der Waals surface area contributed by atoms with Crippen LogP contribution in [0, 0.1) is 0 Å². The monoisotopic (exact) mass is 327 g/mol. The predicted molar refractivity (Wildman–Crippen MR) is 90.5 cm³/mol. The highest BCUT2D eigenvalue weighted by Gasteiger charge is 2.17. The van der Waals surface area contributed by atoms with Gasteiger partial charge in [-0.15, -0.1) is 0 Å². The van der Waals surface area contributed by atoms with Gasteiger partial charge >= 0.3 is 0 Å². The van der Waals surface area contributed by atoms with E-state index in [1.807, 2.05) is 36.4 Å². The van der Waals surface area contributed by atoms with Crippen molar-refractivity contribution in [1.29, 1.82) is 0 Å². The molecule has 0 aliphatic carbocycles. The summed E-state index contributed by atoms with van der Waals surface area (Å²) >= 11 is 0. The maximum Gasteiger partial charge on any atom is 0.222 e. The standard InChI is InChI=1S/C18H21N3O3/c1-13(22)20-12-9-17(23)21-18(15-7-10-19-11-8-15)14-3-5-16(24-2)6-4-14/h3-8,10-11,18H,9,12H2,1-2H3,(H,20,22)(H,21,23). The average Bonchev–Trinajstić information content (AvgIpc) is 2.60.